The van der Waals surface area contributed by atoms with Gasteiger partial charge in [0.15, 0.2) is 0 Å². The summed E-state index contributed by atoms with van der Waals surface area (Å²) in [6.07, 6.45) is 0. The number of hydrogen-bond donors (Lipinski definition) is 0. The molecule has 8 heteroatoms. The first-order valence-corrected chi connectivity index (χ1v) is 8.06. The molecule has 0 aromatic heterocycles. The van der Waals surface area contributed by atoms with Crippen molar-refractivity contribution in [3.63, 3.8) is 0 Å². The van der Waals surface area contributed by atoms with E-state index in [4.69, 9.17) is 5.53 Å². The first-order valence-electron chi connectivity index (χ1n) is 5.91. The number of hydrogen-bond acceptors (Lipinski definition) is 4. The van der Waals surface area contributed by atoms with Crippen molar-refractivity contribution in [1.29, 1.82) is 0 Å². The highest BCUT2D eigenvalue weighted by molar-refractivity contribution is 7.72. The number of aromatic nitrogens is 1. The van der Waals surface area contributed by atoms with E-state index >= 15 is 0 Å². The van der Waals surface area contributed by atoms with E-state index in [1.165, 1.54) is 25.2 Å². The Morgan fingerprint density at radius 2 is 1.90 bits per heavy atom. The summed E-state index contributed by atoms with van der Waals surface area (Å²) < 4.78 is 1.44. The summed E-state index contributed by atoms with van der Waals surface area (Å²) in [5.74, 6) is -0.832. The van der Waals surface area contributed by atoms with Crippen molar-refractivity contribution in [2.45, 2.75) is 0 Å². The van der Waals surface area contributed by atoms with E-state index in [2.05, 4.69) is 10.0 Å². The highest BCUT2D eigenvalue weighted by Gasteiger charge is 2.28. The molecule has 0 fully saturated rings. The minimum atomic E-state index is -0.832. The minimum Gasteiger partial charge on any atom is -0.309 e. The van der Waals surface area contributed by atoms with Gasteiger partial charge < -0.3 is 4.57 Å². The predicted molar refractivity (Wildman–Crippen MR) is 83.0 cm³/mol. The van der Waals surface area contributed by atoms with Crippen LogP contribution in [0.1, 0.15) is 10.4 Å². The molecule has 2 heterocycles. The van der Waals surface area contributed by atoms with Crippen molar-refractivity contribution < 1.29 is 4.79 Å². The van der Waals surface area contributed by atoms with E-state index in [0.29, 0.717) is 10.6 Å². The SMILES string of the molecule is Cn1c2c(-c3ccccc3)ssc-2c(C(=O)N=[N+]=[N-])c1=O. The molecule has 0 atom stereocenters. The van der Waals surface area contributed by atoms with Gasteiger partial charge in [-0.2, -0.15) is 0 Å². The molecular weight excluding hydrogens is 308 g/mol. The number of fused-ring (bicyclic) bond motifs is 1. The van der Waals surface area contributed by atoms with Crippen LogP contribution in [0.25, 0.3) is 31.5 Å². The van der Waals surface area contributed by atoms with Gasteiger partial charge in [0.05, 0.1) is 15.4 Å². The number of carbonyl (C=O) groups is 1. The number of nitrogens with zero attached hydrogens (tertiary/aromatic N) is 4. The lowest BCUT2D eigenvalue weighted by molar-refractivity contribution is 0.1000. The maximum atomic E-state index is 12.2. The molecule has 6 nitrogen and oxygen atoms in total. The second-order valence-corrected chi connectivity index (χ2v) is 6.42. The Labute approximate surface area is 126 Å². The van der Waals surface area contributed by atoms with Gasteiger partial charge in [0.1, 0.15) is 5.56 Å². The monoisotopic (exact) mass is 316 g/mol. The van der Waals surface area contributed by atoms with Gasteiger partial charge >= 0.3 is 0 Å². The quantitative estimate of drug-likeness (QED) is 0.312. The molecule has 0 N–H and O–H groups in total. The molecule has 2 aliphatic rings. The second-order valence-electron chi connectivity index (χ2n) is 4.27. The number of amides is 1. The molecule has 0 spiro atoms. The van der Waals surface area contributed by atoms with Crippen molar-refractivity contribution >= 4 is 26.6 Å². The Balaban J connectivity index is 2.26. The molecule has 1 aromatic rings. The van der Waals surface area contributed by atoms with E-state index in [1.54, 1.807) is 7.05 Å². The number of benzene rings is 1. The Hall–Kier alpha value is -2.41. The maximum absolute atomic E-state index is 12.2. The summed E-state index contributed by atoms with van der Waals surface area (Å²) in [6.45, 7) is 0. The van der Waals surface area contributed by atoms with Gasteiger partial charge in [-0.15, -0.1) is 0 Å². The number of carbonyl (C=O) groups excluding carboxylic acids is 1. The highest BCUT2D eigenvalue weighted by Crippen LogP contribution is 2.44. The zero-order valence-electron chi connectivity index (χ0n) is 10.8. The van der Waals surface area contributed by atoms with Gasteiger partial charge in [0.2, 0.25) is 0 Å². The summed E-state index contributed by atoms with van der Waals surface area (Å²) in [5.41, 5.74) is 9.60. The summed E-state index contributed by atoms with van der Waals surface area (Å²) in [5, 5.41) is 3.04. The van der Waals surface area contributed by atoms with Gasteiger partial charge in [-0.05, 0) is 16.2 Å². The first kappa shape index (κ1) is 13.6. The standard InChI is InChI=1S/C13H8N4O2S2/c1-17-9-10(7-5-3-2-4-6-7)20-21-11(9)8(13(17)19)12(18)15-16-14/h2-6H,1H3. The third-order valence-electron chi connectivity index (χ3n) is 3.10. The van der Waals surface area contributed by atoms with Crippen molar-refractivity contribution in [1.82, 2.24) is 4.57 Å². The van der Waals surface area contributed by atoms with E-state index < -0.39 is 11.5 Å². The molecule has 21 heavy (non-hydrogen) atoms. The molecule has 0 saturated heterocycles. The van der Waals surface area contributed by atoms with Crippen molar-refractivity contribution in [2.75, 3.05) is 0 Å². The summed E-state index contributed by atoms with van der Waals surface area (Å²) >= 11 is 0. The second kappa shape index (κ2) is 5.17. The molecular formula is C13H8N4O2S2. The van der Waals surface area contributed by atoms with Crippen molar-refractivity contribution in [3.05, 3.63) is 56.7 Å². The molecule has 3 rings (SSSR count). The van der Waals surface area contributed by atoms with E-state index in [1.807, 2.05) is 30.3 Å². The molecule has 2 aliphatic heterocycles. The van der Waals surface area contributed by atoms with Gasteiger partial charge in [0, 0.05) is 12.0 Å². The number of azide groups is 1. The lowest BCUT2D eigenvalue weighted by Crippen LogP contribution is -2.16. The predicted octanol–water partition coefficient (Wildman–Crippen LogP) is 3.73. The van der Waals surface area contributed by atoms with E-state index in [9.17, 15) is 9.59 Å². The third kappa shape index (κ3) is 2.06. The fourth-order valence-electron chi connectivity index (χ4n) is 2.15. The summed E-state index contributed by atoms with van der Waals surface area (Å²) in [6, 6.07) is 9.64. The lowest BCUT2D eigenvalue weighted by atomic mass is 10.1. The Bertz CT molecular complexity index is 900. The van der Waals surface area contributed by atoms with Gasteiger partial charge in [0.25, 0.3) is 11.5 Å². The third-order valence-corrected chi connectivity index (χ3v) is 5.60. The molecule has 0 saturated carbocycles. The fourth-order valence-corrected chi connectivity index (χ4v) is 5.02. The minimum absolute atomic E-state index is 0.0475. The van der Waals surface area contributed by atoms with Crippen LogP contribution in [0.15, 0.2) is 40.2 Å². The smallest absolute Gasteiger partial charge is 0.263 e. The first-order chi connectivity index (χ1) is 10.1. The average Bonchev–Trinajstić information content (AvgIpc) is 3.01. The average molecular weight is 316 g/mol. The van der Waals surface area contributed by atoms with Crippen LogP contribution in [-0.2, 0) is 7.05 Å². The van der Waals surface area contributed by atoms with Crippen LogP contribution in [0.5, 0.6) is 0 Å². The van der Waals surface area contributed by atoms with Crippen LogP contribution in [0, 0.1) is 0 Å². The van der Waals surface area contributed by atoms with Crippen LogP contribution in [-0.4, -0.2) is 10.5 Å². The largest absolute Gasteiger partial charge is 0.309 e. The zero-order valence-corrected chi connectivity index (χ0v) is 12.4. The number of rotatable bonds is 2. The molecule has 104 valence electrons. The van der Waals surface area contributed by atoms with Crippen LogP contribution in [0.3, 0.4) is 0 Å². The normalized spacial score (nSPS) is 10.5. The summed E-state index contributed by atoms with van der Waals surface area (Å²) in [7, 11) is 4.45. The van der Waals surface area contributed by atoms with E-state index in [-0.39, 0.29) is 5.56 Å². The van der Waals surface area contributed by atoms with Crippen molar-refractivity contribution in [2.24, 2.45) is 12.2 Å². The lowest BCUT2D eigenvalue weighted by Gasteiger charge is -2.01. The van der Waals surface area contributed by atoms with Crippen LogP contribution < -0.4 is 5.56 Å². The highest BCUT2D eigenvalue weighted by atomic mass is 32.9. The molecule has 0 radical (unpaired) electrons. The van der Waals surface area contributed by atoms with Crippen LogP contribution >= 0.6 is 20.7 Å². The molecule has 1 aromatic carbocycles. The fraction of sp³-hybridized carbons (Fsp3) is 0.0769. The molecule has 0 aliphatic carbocycles. The molecule has 0 unspecified atom stereocenters. The van der Waals surface area contributed by atoms with Gasteiger partial charge in [-0.1, -0.05) is 51.0 Å². The van der Waals surface area contributed by atoms with Gasteiger partial charge in [-0.3, -0.25) is 9.59 Å². The molecule has 1 amide bonds. The Morgan fingerprint density at radius 1 is 1.24 bits per heavy atom. The van der Waals surface area contributed by atoms with E-state index in [0.717, 1.165) is 10.4 Å². The maximum Gasteiger partial charge on any atom is 0.263 e. The Kier molecular flexibility index (Phi) is 3.34. The van der Waals surface area contributed by atoms with Crippen LogP contribution in [0.2, 0.25) is 0 Å². The zero-order chi connectivity index (χ0) is 15.0. The molecule has 0 bridgehead atoms. The Morgan fingerprint density at radius 3 is 2.57 bits per heavy atom. The summed E-state index contributed by atoms with van der Waals surface area (Å²) in [4.78, 5) is 28.0. The van der Waals surface area contributed by atoms with Crippen molar-refractivity contribution in [3.8, 4) is 21.0 Å². The van der Waals surface area contributed by atoms with Crippen LogP contribution in [0.4, 0.5) is 0 Å². The topological polar surface area (TPSA) is 87.8 Å². The van der Waals surface area contributed by atoms with Gasteiger partial charge in [-0.25, -0.2) is 0 Å².